The lowest BCUT2D eigenvalue weighted by atomic mass is 9.94. The van der Waals surface area contributed by atoms with Gasteiger partial charge in [0.05, 0.1) is 0 Å². The molecule has 1 saturated carbocycles. The molecule has 0 aromatic heterocycles. The number of benzene rings is 1. The van der Waals surface area contributed by atoms with Crippen molar-refractivity contribution in [3.8, 4) is 0 Å². The van der Waals surface area contributed by atoms with Crippen LogP contribution in [0.3, 0.4) is 0 Å². The highest BCUT2D eigenvalue weighted by atomic mass is 16.1. The maximum Gasteiger partial charge on any atom is 0.217 e. The second kappa shape index (κ2) is 4.47. The van der Waals surface area contributed by atoms with Crippen LogP contribution in [0.15, 0.2) is 30.3 Å². The van der Waals surface area contributed by atoms with Gasteiger partial charge in [0.2, 0.25) is 5.91 Å². The second-order valence-electron chi connectivity index (χ2n) is 4.26. The molecule has 2 nitrogen and oxygen atoms in total. The Balaban J connectivity index is 2.11. The fourth-order valence-electron chi connectivity index (χ4n) is 2.49. The fourth-order valence-corrected chi connectivity index (χ4v) is 2.49. The van der Waals surface area contributed by atoms with Gasteiger partial charge in [-0.1, -0.05) is 36.8 Å². The van der Waals surface area contributed by atoms with E-state index < -0.39 is 0 Å². The second-order valence-corrected chi connectivity index (χ2v) is 4.26. The summed E-state index contributed by atoms with van der Waals surface area (Å²) < 4.78 is 0. The highest BCUT2D eigenvalue weighted by Gasteiger charge is 2.28. The molecular weight excluding hydrogens is 186 g/mol. The van der Waals surface area contributed by atoms with Crippen LogP contribution in [0.1, 0.15) is 37.7 Å². The molecule has 1 aliphatic carbocycles. The molecule has 0 aliphatic heterocycles. The molecule has 1 N–H and O–H groups in total. The molecule has 0 radical (unpaired) electrons. The van der Waals surface area contributed by atoms with Crippen LogP contribution in [0, 0.1) is 0 Å². The first-order valence-electron chi connectivity index (χ1n) is 5.59. The Kier molecular flexibility index (Phi) is 3.05. The van der Waals surface area contributed by atoms with Crippen molar-refractivity contribution in [1.82, 2.24) is 5.32 Å². The number of amides is 1. The monoisotopic (exact) mass is 203 g/mol. The van der Waals surface area contributed by atoms with E-state index in [0.29, 0.717) is 12.0 Å². The van der Waals surface area contributed by atoms with Crippen LogP contribution in [0.4, 0.5) is 0 Å². The van der Waals surface area contributed by atoms with Gasteiger partial charge >= 0.3 is 0 Å². The van der Waals surface area contributed by atoms with Gasteiger partial charge in [-0.2, -0.15) is 0 Å². The van der Waals surface area contributed by atoms with Gasteiger partial charge in [-0.15, -0.1) is 0 Å². The third-order valence-corrected chi connectivity index (χ3v) is 3.13. The molecule has 1 aromatic rings. The number of hydrogen-bond donors (Lipinski definition) is 1. The van der Waals surface area contributed by atoms with Gasteiger partial charge in [-0.05, 0) is 18.4 Å². The largest absolute Gasteiger partial charge is 0.353 e. The molecule has 0 bridgehead atoms. The summed E-state index contributed by atoms with van der Waals surface area (Å²) in [5.41, 5.74) is 1.36. The number of rotatable bonds is 2. The van der Waals surface area contributed by atoms with Gasteiger partial charge in [-0.3, -0.25) is 4.79 Å². The third kappa shape index (κ3) is 2.38. The molecule has 1 aromatic carbocycles. The fraction of sp³-hybridized carbons (Fsp3) is 0.462. The van der Waals surface area contributed by atoms with E-state index in [1.807, 2.05) is 6.07 Å². The van der Waals surface area contributed by atoms with Crippen LogP contribution in [0.25, 0.3) is 0 Å². The van der Waals surface area contributed by atoms with Gasteiger partial charge in [0.25, 0.3) is 0 Å². The van der Waals surface area contributed by atoms with Crippen molar-refractivity contribution < 1.29 is 4.79 Å². The molecule has 80 valence electrons. The maximum atomic E-state index is 11.1. The van der Waals surface area contributed by atoms with Crippen LogP contribution in [-0.4, -0.2) is 11.9 Å². The summed E-state index contributed by atoms with van der Waals surface area (Å²) >= 11 is 0. The third-order valence-electron chi connectivity index (χ3n) is 3.13. The normalized spacial score (nSPS) is 25.1. The number of hydrogen-bond acceptors (Lipinski definition) is 1. The van der Waals surface area contributed by atoms with E-state index in [1.54, 1.807) is 6.92 Å². The zero-order valence-corrected chi connectivity index (χ0v) is 9.07. The van der Waals surface area contributed by atoms with Crippen LogP contribution < -0.4 is 5.32 Å². The average molecular weight is 203 g/mol. The Labute approximate surface area is 90.7 Å². The first-order chi connectivity index (χ1) is 7.27. The molecule has 2 atom stereocenters. The minimum absolute atomic E-state index is 0.0860. The van der Waals surface area contributed by atoms with Crippen LogP contribution in [0.2, 0.25) is 0 Å². The van der Waals surface area contributed by atoms with E-state index >= 15 is 0 Å². The molecule has 0 heterocycles. The molecule has 1 amide bonds. The molecular formula is C13H17NO. The summed E-state index contributed by atoms with van der Waals surface area (Å²) in [4.78, 5) is 11.1. The van der Waals surface area contributed by atoms with E-state index in [-0.39, 0.29) is 5.91 Å². The molecule has 2 rings (SSSR count). The summed E-state index contributed by atoms with van der Waals surface area (Å²) in [5.74, 6) is 0.595. The Morgan fingerprint density at radius 3 is 2.67 bits per heavy atom. The van der Waals surface area contributed by atoms with Gasteiger partial charge in [-0.25, -0.2) is 0 Å². The Morgan fingerprint density at radius 1 is 1.27 bits per heavy atom. The maximum absolute atomic E-state index is 11.1. The number of carbonyl (C=O) groups excluding carboxylic acids is 1. The summed E-state index contributed by atoms with van der Waals surface area (Å²) in [6.45, 7) is 1.60. The lowest BCUT2D eigenvalue weighted by Gasteiger charge is -2.20. The van der Waals surface area contributed by atoms with Gasteiger partial charge in [0.1, 0.15) is 0 Å². The van der Waals surface area contributed by atoms with Crippen molar-refractivity contribution in [2.45, 2.75) is 38.1 Å². The minimum atomic E-state index is 0.0860. The summed E-state index contributed by atoms with van der Waals surface area (Å²) in [6, 6.07) is 10.8. The zero-order valence-electron chi connectivity index (χ0n) is 9.07. The zero-order chi connectivity index (χ0) is 10.7. The molecule has 15 heavy (non-hydrogen) atoms. The first-order valence-corrected chi connectivity index (χ1v) is 5.59. The van der Waals surface area contributed by atoms with Crippen molar-refractivity contribution in [2.24, 2.45) is 0 Å². The predicted molar refractivity (Wildman–Crippen MR) is 60.6 cm³/mol. The van der Waals surface area contributed by atoms with Gasteiger partial charge in [0.15, 0.2) is 0 Å². The van der Waals surface area contributed by atoms with Crippen molar-refractivity contribution in [3.05, 3.63) is 35.9 Å². The summed E-state index contributed by atoms with van der Waals surface area (Å²) in [7, 11) is 0. The molecule has 1 fully saturated rings. The Morgan fingerprint density at radius 2 is 2.00 bits per heavy atom. The highest BCUT2D eigenvalue weighted by molar-refractivity contribution is 5.73. The van der Waals surface area contributed by atoms with E-state index in [1.165, 1.54) is 18.4 Å². The quantitative estimate of drug-likeness (QED) is 0.786. The lowest BCUT2D eigenvalue weighted by molar-refractivity contribution is -0.119. The first kappa shape index (κ1) is 10.2. The lowest BCUT2D eigenvalue weighted by Crippen LogP contribution is -2.34. The van der Waals surface area contributed by atoms with Gasteiger partial charge in [0, 0.05) is 18.9 Å². The van der Waals surface area contributed by atoms with E-state index in [0.717, 1.165) is 6.42 Å². The highest BCUT2D eigenvalue weighted by Crippen LogP contribution is 2.34. The molecule has 1 aliphatic rings. The molecule has 2 heteroatoms. The van der Waals surface area contributed by atoms with E-state index in [9.17, 15) is 4.79 Å². The predicted octanol–water partition coefficient (Wildman–Crippen LogP) is 2.46. The van der Waals surface area contributed by atoms with E-state index in [4.69, 9.17) is 0 Å². The molecule has 0 saturated heterocycles. The van der Waals surface area contributed by atoms with Crippen molar-refractivity contribution >= 4 is 5.91 Å². The SMILES string of the molecule is CC(=O)N[C@H]1CCC[C@H]1c1ccccc1. The minimum Gasteiger partial charge on any atom is -0.353 e. The van der Waals surface area contributed by atoms with Crippen LogP contribution in [0.5, 0.6) is 0 Å². The molecule has 0 unspecified atom stereocenters. The Hall–Kier alpha value is -1.31. The van der Waals surface area contributed by atoms with Crippen LogP contribution in [-0.2, 0) is 4.79 Å². The van der Waals surface area contributed by atoms with Crippen molar-refractivity contribution in [3.63, 3.8) is 0 Å². The Bertz CT molecular complexity index is 334. The van der Waals surface area contributed by atoms with Crippen molar-refractivity contribution in [2.75, 3.05) is 0 Å². The van der Waals surface area contributed by atoms with Crippen molar-refractivity contribution in [1.29, 1.82) is 0 Å². The number of nitrogens with one attached hydrogen (secondary N) is 1. The number of carbonyl (C=O) groups is 1. The standard InChI is InChI=1S/C13H17NO/c1-10(15)14-13-9-5-8-12(13)11-6-3-2-4-7-11/h2-4,6-7,12-13H,5,8-9H2,1H3,(H,14,15)/t12-,13-/m0/s1. The molecule has 0 spiro atoms. The summed E-state index contributed by atoms with van der Waals surface area (Å²) in [5, 5.41) is 3.05. The summed E-state index contributed by atoms with van der Waals surface area (Å²) in [6.07, 6.45) is 3.51. The van der Waals surface area contributed by atoms with Gasteiger partial charge < -0.3 is 5.32 Å². The topological polar surface area (TPSA) is 29.1 Å². The average Bonchev–Trinajstić information content (AvgIpc) is 2.66. The van der Waals surface area contributed by atoms with E-state index in [2.05, 4.69) is 29.6 Å². The smallest absolute Gasteiger partial charge is 0.217 e. The van der Waals surface area contributed by atoms with Crippen LogP contribution >= 0.6 is 0 Å².